The number of halogens is 1. The Hall–Kier alpha value is -2.95. The molecule has 2 saturated heterocycles. The molecule has 2 heterocycles. The van der Waals surface area contributed by atoms with Crippen molar-refractivity contribution in [2.24, 2.45) is 5.92 Å². The van der Waals surface area contributed by atoms with Gasteiger partial charge in [-0.3, -0.25) is 4.79 Å². The van der Waals surface area contributed by atoms with Crippen LogP contribution in [0.3, 0.4) is 0 Å². The Morgan fingerprint density at radius 1 is 1.11 bits per heavy atom. The molecular formula is C28H34FN3O3. The lowest BCUT2D eigenvalue weighted by Gasteiger charge is -2.34. The number of nitrogens with zero attached hydrogens (tertiary/aromatic N) is 3. The molecule has 2 aromatic rings. The molecule has 0 aromatic heterocycles. The van der Waals surface area contributed by atoms with Gasteiger partial charge in [-0.2, -0.15) is 0 Å². The minimum absolute atomic E-state index is 0.0714. The van der Waals surface area contributed by atoms with Gasteiger partial charge in [0.25, 0.3) is 5.91 Å². The van der Waals surface area contributed by atoms with E-state index in [-0.39, 0.29) is 5.91 Å². The van der Waals surface area contributed by atoms with E-state index in [2.05, 4.69) is 9.74 Å². The number of amides is 1. The van der Waals surface area contributed by atoms with Crippen LogP contribution in [0.25, 0.3) is 16.0 Å². The number of carbonyl (C=O) groups is 1. The summed E-state index contributed by atoms with van der Waals surface area (Å²) in [5.74, 6) is 0.905. The molecule has 4 rings (SSSR count). The van der Waals surface area contributed by atoms with Crippen molar-refractivity contribution in [3.05, 3.63) is 59.4 Å². The molecule has 2 aliphatic heterocycles. The normalized spacial score (nSPS) is 19.5. The fourth-order valence-electron chi connectivity index (χ4n) is 4.87. The van der Waals surface area contributed by atoms with Gasteiger partial charge in [-0.25, -0.2) is 9.24 Å². The Bertz CT molecular complexity index is 1070. The van der Waals surface area contributed by atoms with Gasteiger partial charge in [0.05, 0.1) is 19.3 Å². The number of rotatable bonds is 7. The quantitative estimate of drug-likeness (QED) is 0.571. The summed E-state index contributed by atoms with van der Waals surface area (Å²) >= 11 is 0. The van der Waals surface area contributed by atoms with E-state index in [4.69, 9.17) is 11.3 Å². The van der Waals surface area contributed by atoms with Crippen LogP contribution < -0.4 is 4.74 Å². The first kappa shape index (κ1) is 25.2. The summed E-state index contributed by atoms with van der Waals surface area (Å²) in [5.41, 5.74) is 1.69. The van der Waals surface area contributed by atoms with Crippen LogP contribution in [0.4, 0.5) is 10.1 Å². The third-order valence-corrected chi connectivity index (χ3v) is 6.78. The number of likely N-dealkylation sites (tertiary alicyclic amines) is 2. The minimum Gasteiger partial charge on any atom is -0.504 e. The molecule has 1 N–H and O–H groups in total. The fourth-order valence-corrected chi connectivity index (χ4v) is 4.87. The number of β-amino-alcohol motifs (C(OH)–C–C–N with tert-alkyl or cyclic N) is 1. The largest absolute Gasteiger partial charge is 0.504 e. The SMILES string of the molecule is [C-]#[N+]c1cc(-c2ccc(C(=O)N3CC[C@H](O)C3)cc2)ccc1OCC1CCN(CC(C)(C)F)CC1. The van der Waals surface area contributed by atoms with Crippen LogP contribution in [0.2, 0.25) is 0 Å². The number of hydrogen-bond acceptors (Lipinski definition) is 4. The van der Waals surface area contributed by atoms with Crippen LogP contribution in [-0.4, -0.2) is 71.9 Å². The Balaban J connectivity index is 1.35. The van der Waals surface area contributed by atoms with Crippen LogP contribution in [0.1, 0.15) is 43.5 Å². The number of benzene rings is 2. The molecule has 2 fully saturated rings. The zero-order valence-electron chi connectivity index (χ0n) is 20.5. The standard InChI is InChI=1S/C28H34FN3O3/c1-28(2,29)19-31-13-10-20(11-14-31)18-35-26-9-8-23(16-25(26)30-3)21-4-6-22(7-5-21)27(34)32-15-12-24(33)17-32/h4-9,16,20,24,33H,10-15,17-19H2,1-2H3/t24-/m0/s1. The third-order valence-electron chi connectivity index (χ3n) is 6.78. The number of ether oxygens (including phenoxy) is 1. The van der Waals surface area contributed by atoms with Gasteiger partial charge < -0.3 is 19.6 Å². The number of carbonyl (C=O) groups excluding carboxylic acids is 1. The Kier molecular flexibility index (Phi) is 7.73. The molecule has 0 aliphatic carbocycles. The molecule has 7 heteroatoms. The molecule has 0 unspecified atom stereocenters. The molecule has 186 valence electrons. The lowest BCUT2D eigenvalue weighted by atomic mass is 9.96. The van der Waals surface area contributed by atoms with E-state index < -0.39 is 11.8 Å². The van der Waals surface area contributed by atoms with Crippen molar-refractivity contribution in [3.8, 4) is 16.9 Å². The second-order valence-electron chi connectivity index (χ2n) is 10.3. The maximum atomic E-state index is 13.9. The van der Waals surface area contributed by atoms with Crippen molar-refractivity contribution in [2.45, 2.75) is 44.9 Å². The molecule has 0 saturated carbocycles. The summed E-state index contributed by atoms with van der Waals surface area (Å²) < 4.78 is 19.9. The number of alkyl halides is 1. The zero-order chi connectivity index (χ0) is 25.0. The summed E-state index contributed by atoms with van der Waals surface area (Å²) in [6.07, 6.45) is 2.10. The fraction of sp³-hybridized carbons (Fsp3) is 0.500. The summed E-state index contributed by atoms with van der Waals surface area (Å²) in [5, 5.41) is 9.68. The van der Waals surface area contributed by atoms with E-state index in [1.54, 1.807) is 30.9 Å². The van der Waals surface area contributed by atoms with E-state index >= 15 is 0 Å². The molecule has 0 spiro atoms. The van der Waals surface area contributed by atoms with Crippen LogP contribution >= 0.6 is 0 Å². The Morgan fingerprint density at radius 2 is 1.80 bits per heavy atom. The van der Waals surface area contributed by atoms with E-state index in [1.165, 1.54) is 0 Å². The molecule has 0 bridgehead atoms. The van der Waals surface area contributed by atoms with Gasteiger partial charge in [-0.1, -0.05) is 18.2 Å². The van der Waals surface area contributed by atoms with Crippen molar-refractivity contribution in [2.75, 3.05) is 39.3 Å². The van der Waals surface area contributed by atoms with Gasteiger partial charge in [0.2, 0.25) is 5.69 Å². The summed E-state index contributed by atoms with van der Waals surface area (Å²) in [7, 11) is 0. The topological polar surface area (TPSA) is 57.4 Å². The van der Waals surface area contributed by atoms with Crippen molar-refractivity contribution in [1.82, 2.24) is 9.80 Å². The second-order valence-corrected chi connectivity index (χ2v) is 10.3. The molecular weight excluding hydrogens is 445 g/mol. The van der Waals surface area contributed by atoms with Gasteiger partial charge >= 0.3 is 0 Å². The Labute approximate surface area is 207 Å². The minimum atomic E-state index is -1.18. The first-order chi connectivity index (χ1) is 16.7. The van der Waals surface area contributed by atoms with Crippen molar-refractivity contribution in [3.63, 3.8) is 0 Å². The predicted molar refractivity (Wildman–Crippen MR) is 135 cm³/mol. The molecule has 1 atom stereocenters. The monoisotopic (exact) mass is 479 g/mol. The lowest BCUT2D eigenvalue weighted by Crippen LogP contribution is -2.41. The van der Waals surface area contributed by atoms with E-state index in [1.807, 2.05) is 30.3 Å². The number of piperidine rings is 1. The van der Waals surface area contributed by atoms with Crippen LogP contribution in [0.15, 0.2) is 42.5 Å². The van der Waals surface area contributed by atoms with Crippen molar-refractivity contribution >= 4 is 11.6 Å². The molecule has 6 nitrogen and oxygen atoms in total. The van der Waals surface area contributed by atoms with Gasteiger partial charge in [0, 0.05) is 25.2 Å². The molecule has 2 aliphatic rings. The number of hydrogen-bond donors (Lipinski definition) is 1. The Morgan fingerprint density at radius 3 is 2.40 bits per heavy atom. The third kappa shape index (κ3) is 6.59. The predicted octanol–water partition coefficient (Wildman–Crippen LogP) is 4.95. The first-order valence-electron chi connectivity index (χ1n) is 12.4. The number of aliphatic hydroxyl groups is 1. The van der Waals surface area contributed by atoms with Gasteiger partial charge in [0.15, 0.2) is 0 Å². The molecule has 2 aromatic carbocycles. The van der Waals surface area contributed by atoms with E-state index in [0.29, 0.717) is 55.6 Å². The molecule has 0 radical (unpaired) electrons. The van der Waals surface area contributed by atoms with Crippen molar-refractivity contribution < 1.29 is 19.0 Å². The summed E-state index contributed by atoms with van der Waals surface area (Å²) in [4.78, 5) is 20.1. The summed E-state index contributed by atoms with van der Waals surface area (Å²) in [6.45, 7) is 14.5. The smallest absolute Gasteiger partial charge is 0.253 e. The highest BCUT2D eigenvalue weighted by molar-refractivity contribution is 5.95. The van der Waals surface area contributed by atoms with Gasteiger partial charge in [-0.15, -0.1) is 0 Å². The van der Waals surface area contributed by atoms with E-state index in [9.17, 15) is 14.3 Å². The van der Waals surface area contributed by atoms with Crippen LogP contribution in [-0.2, 0) is 0 Å². The van der Waals surface area contributed by atoms with Crippen molar-refractivity contribution in [1.29, 1.82) is 0 Å². The molecule has 1 amide bonds. The van der Waals surface area contributed by atoms with Crippen LogP contribution in [0.5, 0.6) is 5.75 Å². The highest BCUT2D eigenvalue weighted by Gasteiger charge is 2.26. The highest BCUT2D eigenvalue weighted by atomic mass is 19.1. The maximum absolute atomic E-state index is 13.9. The first-order valence-corrected chi connectivity index (χ1v) is 12.4. The molecule has 35 heavy (non-hydrogen) atoms. The van der Waals surface area contributed by atoms with Crippen LogP contribution in [0, 0.1) is 12.5 Å². The van der Waals surface area contributed by atoms with Gasteiger partial charge in [0.1, 0.15) is 11.4 Å². The van der Waals surface area contributed by atoms with E-state index in [0.717, 1.165) is 37.1 Å². The van der Waals surface area contributed by atoms with Gasteiger partial charge in [-0.05, 0) is 87.5 Å². The average molecular weight is 480 g/mol. The summed E-state index contributed by atoms with van der Waals surface area (Å²) in [6, 6.07) is 13.0. The highest BCUT2D eigenvalue weighted by Crippen LogP contribution is 2.34. The zero-order valence-corrected chi connectivity index (χ0v) is 20.5. The average Bonchev–Trinajstić information content (AvgIpc) is 3.28. The maximum Gasteiger partial charge on any atom is 0.253 e. The second kappa shape index (κ2) is 10.8. The number of aliphatic hydroxyl groups excluding tert-OH is 1. The lowest BCUT2D eigenvalue weighted by molar-refractivity contribution is 0.0765.